The Morgan fingerprint density at radius 1 is 1.14 bits per heavy atom. The third-order valence-corrected chi connectivity index (χ3v) is 6.03. The monoisotopic (exact) mass is 426 g/mol. The second-order valence-corrected chi connectivity index (χ2v) is 8.26. The topological polar surface area (TPSA) is 81.7 Å². The van der Waals surface area contributed by atoms with Gasteiger partial charge in [-0.15, -0.1) is 21.5 Å². The van der Waals surface area contributed by atoms with Crippen molar-refractivity contribution in [3.8, 4) is 0 Å². The van der Waals surface area contributed by atoms with Crippen molar-refractivity contribution < 1.29 is 4.39 Å². The van der Waals surface area contributed by atoms with Gasteiger partial charge in [-0.05, 0) is 30.7 Å². The number of thiazole rings is 1. The molecule has 4 aromatic rings. The Labute approximate surface area is 176 Å². The third kappa shape index (κ3) is 4.75. The summed E-state index contributed by atoms with van der Waals surface area (Å²) in [6.07, 6.45) is 0.290. The van der Waals surface area contributed by atoms with Gasteiger partial charge in [-0.3, -0.25) is 0 Å². The summed E-state index contributed by atoms with van der Waals surface area (Å²) in [4.78, 5) is 4.60. The fraction of sp³-hybridized carbons (Fsp3) is 0.150. The van der Waals surface area contributed by atoms with Crippen LogP contribution in [0.3, 0.4) is 0 Å². The summed E-state index contributed by atoms with van der Waals surface area (Å²) in [5.74, 6) is 6.95. The summed E-state index contributed by atoms with van der Waals surface area (Å²) < 4.78 is 15.3. The van der Waals surface area contributed by atoms with E-state index >= 15 is 0 Å². The minimum absolute atomic E-state index is 0.277. The SMILES string of the molecule is Cc1ccc(Nc2nc(CSc3nnc(Cc4ccccc4F)n3N)cs2)cc1. The normalized spacial score (nSPS) is 11.0. The van der Waals surface area contributed by atoms with E-state index in [1.165, 1.54) is 28.1 Å². The Balaban J connectivity index is 1.37. The van der Waals surface area contributed by atoms with Crippen molar-refractivity contribution in [2.75, 3.05) is 11.2 Å². The first kappa shape index (κ1) is 19.4. The Bertz CT molecular complexity index is 1110. The number of hydrogen-bond acceptors (Lipinski definition) is 7. The zero-order chi connectivity index (χ0) is 20.2. The minimum Gasteiger partial charge on any atom is -0.336 e. The van der Waals surface area contributed by atoms with E-state index in [0.29, 0.717) is 22.3 Å². The summed E-state index contributed by atoms with van der Waals surface area (Å²) in [6, 6.07) is 14.7. The number of rotatable bonds is 7. The van der Waals surface area contributed by atoms with E-state index in [1.807, 2.05) is 17.5 Å². The van der Waals surface area contributed by atoms with Crippen LogP contribution in [0.15, 0.2) is 59.1 Å². The van der Waals surface area contributed by atoms with Gasteiger partial charge in [0.1, 0.15) is 5.82 Å². The van der Waals surface area contributed by atoms with Crippen LogP contribution in [-0.2, 0) is 12.2 Å². The molecule has 0 spiro atoms. The summed E-state index contributed by atoms with van der Waals surface area (Å²) in [7, 11) is 0. The first-order valence-electron chi connectivity index (χ1n) is 8.92. The highest BCUT2D eigenvalue weighted by atomic mass is 32.2. The molecule has 0 atom stereocenters. The maximum absolute atomic E-state index is 13.8. The third-order valence-electron chi connectivity index (χ3n) is 4.25. The second kappa shape index (κ2) is 8.62. The number of nitrogen functional groups attached to an aromatic ring is 1. The van der Waals surface area contributed by atoms with Gasteiger partial charge in [-0.25, -0.2) is 14.1 Å². The number of anilines is 2. The van der Waals surface area contributed by atoms with Crippen molar-refractivity contribution in [1.29, 1.82) is 0 Å². The highest BCUT2D eigenvalue weighted by molar-refractivity contribution is 7.98. The summed E-state index contributed by atoms with van der Waals surface area (Å²) in [6.45, 7) is 2.06. The first-order chi connectivity index (χ1) is 14.1. The number of hydrogen-bond donors (Lipinski definition) is 2. The molecule has 2 heterocycles. The predicted octanol–water partition coefficient (Wildman–Crippen LogP) is 4.52. The molecule has 0 aliphatic carbocycles. The molecule has 0 saturated heterocycles. The molecule has 29 heavy (non-hydrogen) atoms. The van der Waals surface area contributed by atoms with Gasteiger partial charge >= 0.3 is 0 Å². The number of aromatic nitrogens is 4. The largest absolute Gasteiger partial charge is 0.336 e. The lowest BCUT2D eigenvalue weighted by atomic mass is 10.1. The number of nitrogens with zero attached hydrogens (tertiary/aromatic N) is 4. The van der Waals surface area contributed by atoms with E-state index in [1.54, 1.807) is 29.5 Å². The lowest BCUT2D eigenvalue weighted by Gasteiger charge is -2.04. The van der Waals surface area contributed by atoms with Crippen molar-refractivity contribution in [1.82, 2.24) is 19.9 Å². The molecule has 0 aliphatic heterocycles. The molecule has 0 fully saturated rings. The number of benzene rings is 2. The summed E-state index contributed by atoms with van der Waals surface area (Å²) in [5.41, 5.74) is 3.68. The molecule has 0 amide bonds. The number of halogens is 1. The van der Waals surface area contributed by atoms with Crippen LogP contribution >= 0.6 is 23.1 Å². The van der Waals surface area contributed by atoms with E-state index in [0.717, 1.165) is 16.5 Å². The van der Waals surface area contributed by atoms with Crippen LogP contribution in [0.1, 0.15) is 22.6 Å². The number of nitrogens with two attached hydrogens (primary N) is 1. The molecule has 4 rings (SSSR count). The molecule has 9 heteroatoms. The average Bonchev–Trinajstić information content (AvgIpc) is 3.31. The van der Waals surface area contributed by atoms with E-state index in [-0.39, 0.29) is 12.2 Å². The van der Waals surface area contributed by atoms with E-state index in [4.69, 9.17) is 5.84 Å². The van der Waals surface area contributed by atoms with Crippen LogP contribution < -0.4 is 11.2 Å². The number of thioether (sulfide) groups is 1. The first-order valence-corrected chi connectivity index (χ1v) is 10.8. The Morgan fingerprint density at radius 2 is 1.93 bits per heavy atom. The van der Waals surface area contributed by atoms with Crippen LogP contribution in [-0.4, -0.2) is 19.9 Å². The molecule has 148 valence electrons. The van der Waals surface area contributed by atoms with Crippen molar-refractivity contribution >= 4 is 33.9 Å². The lowest BCUT2D eigenvalue weighted by molar-refractivity contribution is 0.610. The maximum Gasteiger partial charge on any atom is 0.210 e. The number of nitrogens with one attached hydrogen (secondary N) is 1. The van der Waals surface area contributed by atoms with Crippen LogP contribution in [0.5, 0.6) is 0 Å². The van der Waals surface area contributed by atoms with Crippen molar-refractivity contribution in [2.24, 2.45) is 0 Å². The van der Waals surface area contributed by atoms with Crippen molar-refractivity contribution in [2.45, 2.75) is 24.3 Å². The molecule has 6 nitrogen and oxygen atoms in total. The second-order valence-electron chi connectivity index (χ2n) is 6.46. The van der Waals surface area contributed by atoms with E-state index in [9.17, 15) is 4.39 Å². The Hall–Kier alpha value is -2.91. The van der Waals surface area contributed by atoms with Gasteiger partial charge in [0.15, 0.2) is 11.0 Å². The fourth-order valence-corrected chi connectivity index (χ4v) is 4.27. The summed E-state index contributed by atoms with van der Waals surface area (Å²) in [5, 5.41) is 14.9. The van der Waals surface area contributed by atoms with Crippen LogP contribution in [0.2, 0.25) is 0 Å². The lowest BCUT2D eigenvalue weighted by Crippen LogP contribution is -2.14. The highest BCUT2D eigenvalue weighted by Crippen LogP contribution is 2.26. The van der Waals surface area contributed by atoms with Gasteiger partial charge in [0.2, 0.25) is 5.16 Å². The van der Waals surface area contributed by atoms with Gasteiger partial charge < -0.3 is 11.2 Å². The molecule has 2 aromatic carbocycles. The molecule has 0 radical (unpaired) electrons. The standard InChI is InChI=1S/C20H19FN6S2/c1-13-6-8-15(9-7-13)23-19-24-16(11-28-19)12-29-20-26-25-18(27(20)22)10-14-4-2-3-5-17(14)21/h2-9,11H,10,12,22H2,1H3,(H,23,24). The molecule has 0 aliphatic rings. The molecular formula is C20H19FN6S2. The smallest absolute Gasteiger partial charge is 0.210 e. The molecule has 3 N–H and O–H groups in total. The minimum atomic E-state index is -0.277. The van der Waals surface area contributed by atoms with E-state index in [2.05, 4.69) is 39.6 Å². The zero-order valence-corrected chi connectivity index (χ0v) is 17.3. The molecular weight excluding hydrogens is 407 g/mol. The van der Waals surface area contributed by atoms with E-state index < -0.39 is 0 Å². The van der Waals surface area contributed by atoms with Gasteiger partial charge in [-0.1, -0.05) is 47.7 Å². The van der Waals surface area contributed by atoms with Crippen LogP contribution in [0, 0.1) is 12.7 Å². The molecule has 2 aromatic heterocycles. The van der Waals surface area contributed by atoms with Crippen molar-refractivity contribution in [3.05, 3.63) is 82.4 Å². The summed E-state index contributed by atoms with van der Waals surface area (Å²) >= 11 is 2.99. The van der Waals surface area contributed by atoms with Gasteiger partial charge in [-0.2, -0.15) is 0 Å². The van der Waals surface area contributed by atoms with Gasteiger partial charge in [0, 0.05) is 23.2 Å². The zero-order valence-electron chi connectivity index (χ0n) is 15.7. The van der Waals surface area contributed by atoms with Gasteiger partial charge in [0.05, 0.1) is 5.69 Å². The number of aryl methyl sites for hydroxylation is 1. The van der Waals surface area contributed by atoms with Gasteiger partial charge in [0.25, 0.3) is 0 Å². The molecule has 0 bridgehead atoms. The molecule has 0 saturated carbocycles. The Kier molecular flexibility index (Phi) is 5.77. The van der Waals surface area contributed by atoms with Crippen LogP contribution in [0.4, 0.5) is 15.2 Å². The average molecular weight is 427 g/mol. The molecule has 0 unspecified atom stereocenters. The van der Waals surface area contributed by atoms with Crippen molar-refractivity contribution in [3.63, 3.8) is 0 Å². The predicted molar refractivity (Wildman–Crippen MR) is 116 cm³/mol. The highest BCUT2D eigenvalue weighted by Gasteiger charge is 2.13. The quantitative estimate of drug-likeness (QED) is 0.334. The van der Waals surface area contributed by atoms with Crippen LogP contribution in [0.25, 0.3) is 0 Å². The fourth-order valence-electron chi connectivity index (χ4n) is 2.67. The maximum atomic E-state index is 13.8. The Morgan fingerprint density at radius 3 is 2.72 bits per heavy atom.